The number of anilines is 1. The smallest absolute Gasteiger partial charge is 0.230 e. The number of nitrogens with zero attached hydrogens (tertiary/aromatic N) is 2. The van der Waals surface area contributed by atoms with Crippen LogP contribution < -0.4 is 10.1 Å². The summed E-state index contributed by atoms with van der Waals surface area (Å²) in [6.07, 6.45) is 3.60. The molecule has 1 amide bonds. The molecule has 3 rings (SSSR count). The van der Waals surface area contributed by atoms with Crippen LogP contribution in [0.15, 0.2) is 48.1 Å². The number of rotatable bonds is 6. The lowest BCUT2D eigenvalue weighted by Gasteiger charge is -2.07. The van der Waals surface area contributed by atoms with Crippen molar-refractivity contribution in [1.29, 1.82) is 0 Å². The van der Waals surface area contributed by atoms with Crippen molar-refractivity contribution < 1.29 is 9.53 Å². The first-order valence-corrected chi connectivity index (χ1v) is 8.81. The molecule has 128 valence electrons. The lowest BCUT2D eigenvalue weighted by molar-refractivity contribution is -0.115. The van der Waals surface area contributed by atoms with E-state index in [0.29, 0.717) is 12.4 Å². The van der Waals surface area contributed by atoms with Crippen LogP contribution >= 0.6 is 11.3 Å². The van der Waals surface area contributed by atoms with Gasteiger partial charge in [-0.3, -0.25) is 9.78 Å². The Labute approximate surface area is 150 Å². The normalized spacial score (nSPS) is 10.5. The number of carbonyl (C=O) groups is 1. The summed E-state index contributed by atoms with van der Waals surface area (Å²) in [5.74, 6) is 0.625. The van der Waals surface area contributed by atoms with Gasteiger partial charge in [0, 0.05) is 17.3 Å². The molecule has 0 aliphatic rings. The monoisotopic (exact) mass is 353 g/mol. The minimum atomic E-state index is -0.0757. The highest BCUT2D eigenvalue weighted by Crippen LogP contribution is 2.17. The van der Waals surface area contributed by atoms with Crippen molar-refractivity contribution >= 4 is 22.9 Å². The van der Waals surface area contributed by atoms with Gasteiger partial charge in [-0.2, -0.15) is 0 Å². The Morgan fingerprint density at radius 3 is 2.88 bits per heavy atom. The van der Waals surface area contributed by atoms with Gasteiger partial charge in [0.05, 0.1) is 18.3 Å². The van der Waals surface area contributed by atoms with Crippen molar-refractivity contribution in [2.45, 2.75) is 26.9 Å². The number of carbonyl (C=O) groups excluding carboxylic acids is 1. The summed E-state index contributed by atoms with van der Waals surface area (Å²) >= 11 is 1.48. The van der Waals surface area contributed by atoms with Gasteiger partial charge < -0.3 is 10.1 Å². The molecule has 25 heavy (non-hydrogen) atoms. The Kier molecular flexibility index (Phi) is 5.40. The summed E-state index contributed by atoms with van der Waals surface area (Å²) in [6, 6.07) is 9.55. The molecular formula is C19H19N3O2S. The quantitative estimate of drug-likeness (QED) is 0.730. The minimum Gasteiger partial charge on any atom is -0.485 e. The van der Waals surface area contributed by atoms with Crippen LogP contribution in [0, 0.1) is 13.8 Å². The number of aromatic nitrogens is 2. The Hall–Kier alpha value is -2.73. The zero-order valence-electron chi connectivity index (χ0n) is 14.2. The molecule has 0 spiro atoms. The molecule has 0 bridgehead atoms. The molecule has 0 unspecified atom stereocenters. The first kappa shape index (κ1) is 17.1. The molecule has 6 heteroatoms. The number of pyridine rings is 1. The lowest BCUT2D eigenvalue weighted by atomic mass is 10.1. The Bertz CT molecular complexity index is 862. The maximum absolute atomic E-state index is 12.2. The summed E-state index contributed by atoms with van der Waals surface area (Å²) in [5.41, 5.74) is 3.91. The number of amides is 1. The lowest BCUT2D eigenvalue weighted by Crippen LogP contribution is -2.14. The van der Waals surface area contributed by atoms with E-state index in [1.54, 1.807) is 12.4 Å². The molecule has 0 saturated heterocycles. The molecular weight excluding hydrogens is 334 g/mol. The van der Waals surface area contributed by atoms with Crippen molar-refractivity contribution in [1.82, 2.24) is 9.97 Å². The first-order valence-electron chi connectivity index (χ1n) is 7.93. The van der Waals surface area contributed by atoms with E-state index in [-0.39, 0.29) is 12.3 Å². The third-order valence-electron chi connectivity index (χ3n) is 3.73. The number of benzene rings is 1. The van der Waals surface area contributed by atoms with Crippen LogP contribution in [0.25, 0.3) is 0 Å². The van der Waals surface area contributed by atoms with Gasteiger partial charge in [0.2, 0.25) is 5.91 Å². The van der Waals surface area contributed by atoms with Crippen LogP contribution in [0.3, 0.4) is 0 Å². The van der Waals surface area contributed by atoms with E-state index in [2.05, 4.69) is 15.3 Å². The minimum absolute atomic E-state index is 0.0757. The predicted molar refractivity (Wildman–Crippen MR) is 98.9 cm³/mol. The third kappa shape index (κ3) is 4.87. The number of nitrogens with one attached hydrogen (secondary N) is 1. The standard InChI is InChI=1S/C19H19N3O2S/c1-13-5-6-15(8-14(13)2)21-18(23)9-16-12-25-19(22-16)11-24-17-4-3-7-20-10-17/h3-8,10,12H,9,11H2,1-2H3,(H,21,23). The van der Waals surface area contributed by atoms with Gasteiger partial charge in [0.15, 0.2) is 0 Å². The van der Waals surface area contributed by atoms with Gasteiger partial charge in [-0.05, 0) is 49.2 Å². The number of aryl methyl sites for hydroxylation is 2. The average Bonchev–Trinajstić information content (AvgIpc) is 3.04. The second-order valence-electron chi connectivity index (χ2n) is 5.73. The molecule has 0 aliphatic heterocycles. The van der Waals surface area contributed by atoms with Crippen LogP contribution in [0.4, 0.5) is 5.69 Å². The molecule has 0 aliphatic carbocycles. The molecule has 0 atom stereocenters. The van der Waals surface area contributed by atoms with E-state index in [9.17, 15) is 4.79 Å². The van der Waals surface area contributed by atoms with Crippen LogP contribution in [-0.4, -0.2) is 15.9 Å². The highest BCUT2D eigenvalue weighted by atomic mass is 32.1. The summed E-state index contributed by atoms with van der Waals surface area (Å²) in [4.78, 5) is 20.6. The fourth-order valence-electron chi connectivity index (χ4n) is 2.26. The Morgan fingerprint density at radius 1 is 1.24 bits per heavy atom. The van der Waals surface area contributed by atoms with Gasteiger partial charge in [0.25, 0.3) is 0 Å². The molecule has 1 N–H and O–H groups in total. The van der Waals surface area contributed by atoms with Crippen molar-refractivity contribution in [3.63, 3.8) is 0 Å². The van der Waals surface area contributed by atoms with Gasteiger partial charge in [-0.15, -0.1) is 11.3 Å². The molecule has 0 fully saturated rings. The molecule has 0 radical (unpaired) electrons. The second kappa shape index (κ2) is 7.90. The van der Waals surface area contributed by atoms with E-state index >= 15 is 0 Å². The fourth-order valence-corrected chi connectivity index (χ4v) is 2.97. The summed E-state index contributed by atoms with van der Waals surface area (Å²) in [5, 5.41) is 5.63. The van der Waals surface area contributed by atoms with Crippen molar-refractivity contribution in [3.8, 4) is 5.75 Å². The van der Waals surface area contributed by atoms with Crippen molar-refractivity contribution in [2.75, 3.05) is 5.32 Å². The molecule has 5 nitrogen and oxygen atoms in total. The van der Waals surface area contributed by atoms with Crippen LogP contribution in [0.5, 0.6) is 5.75 Å². The van der Waals surface area contributed by atoms with E-state index in [1.807, 2.05) is 49.6 Å². The predicted octanol–water partition coefficient (Wildman–Crippen LogP) is 3.92. The van der Waals surface area contributed by atoms with Crippen molar-refractivity contribution in [3.05, 3.63) is 69.9 Å². The van der Waals surface area contributed by atoms with Crippen LogP contribution in [0.1, 0.15) is 21.8 Å². The maximum Gasteiger partial charge on any atom is 0.230 e. The fraction of sp³-hybridized carbons (Fsp3) is 0.211. The van der Waals surface area contributed by atoms with E-state index < -0.39 is 0 Å². The summed E-state index contributed by atoms with van der Waals surface area (Å²) in [7, 11) is 0. The number of hydrogen-bond acceptors (Lipinski definition) is 5. The molecule has 0 saturated carbocycles. The zero-order valence-corrected chi connectivity index (χ0v) is 15.0. The number of thiazole rings is 1. The third-order valence-corrected chi connectivity index (χ3v) is 4.60. The van der Waals surface area contributed by atoms with Gasteiger partial charge in [0.1, 0.15) is 17.4 Å². The SMILES string of the molecule is Cc1ccc(NC(=O)Cc2csc(COc3cccnc3)n2)cc1C. The van der Waals surface area contributed by atoms with Gasteiger partial charge >= 0.3 is 0 Å². The Balaban J connectivity index is 1.53. The highest BCUT2D eigenvalue weighted by Gasteiger charge is 2.09. The molecule has 3 aromatic rings. The summed E-state index contributed by atoms with van der Waals surface area (Å²) in [6.45, 7) is 4.44. The zero-order chi connectivity index (χ0) is 17.6. The topological polar surface area (TPSA) is 64.1 Å². The first-order chi connectivity index (χ1) is 12.1. The van der Waals surface area contributed by atoms with Gasteiger partial charge in [-0.1, -0.05) is 6.07 Å². The number of ether oxygens (including phenoxy) is 1. The van der Waals surface area contributed by atoms with Crippen molar-refractivity contribution in [2.24, 2.45) is 0 Å². The van der Waals surface area contributed by atoms with Crippen LogP contribution in [0.2, 0.25) is 0 Å². The van der Waals surface area contributed by atoms with E-state index in [0.717, 1.165) is 22.0 Å². The molecule has 2 aromatic heterocycles. The average molecular weight is 353 g/mol. The maximum atomic E-state index is 12.2. The molecule has 2 heterocycles. The largest absolute Gasteiger partial charge is 0.485 e. The second-order valence-corrected chi connectivity index (χ2v) is 6.68. The van der Waals surface area contributed by atoms with E-state index in [4.69, 9.17) is 4.74 Å². The summed E-state index contributed by atoms with van der Waals surface area (Å²) < 4.78 is 5.62. The highest BCUT2D eigenvalue weighted by molar-refractivity contribution is 7.09. The Morgan fingerprint density at radius 2 is 2.12 bits per heavy atom. The van der Waals surface area contributed by atoms with Gasteiger partial charge in [-0.25, -0.2) is 4.98 Å². The van der Waals surface area contributed by atoms with Crippen LogP contribution in [-0.2, 0) is 17.8 Å². The van der Waals surface area contributed by atoms with E-state index in [1.165, 1.54) is 16.9 Å². The molecule has 1 aromatic carbocycles. The number of hydrogen-bond donors (Lipinski definition) is 1.